The highest BCUT2D eigenvalue weighted by molar-refractivity contribution is 5.31. The lowest BCUT2D eigenvalue weighted by Gasteiger charge is -2.25. The molecule has 2 aromatic rings. The number of nitrogens with two attached hydrogens (primary N) is 1. The molecule has 0 amide bonds. The number of nitrogens with zero attached hydrogens (tertiary/aromatic N) is 3. The fraction of sp³-hybridized carbons (Fsp3) is 0.286. The Morgan fingerprint density at radius 1 is 1.17 bits per heavy atom. The van der Waals surface area contributed by atoms with Gasteiger partial charge in [0.2, 0.25) is 0 Å². The molecule has 0 saturated heterocycles. The van der Waals surface area contributed by atoms with Gasteiger partial charge in [-0.3, -0.25) is 4.90 Å². The van der Waals surface area contributed by atoms with Crippen LogP contribution >= 0.6 is 0 Å². The molecular formula is C14H16N4. The number of rotatable bonds is 3. The van der Waals surface area contributed by atoms with E-state index >= 15 is 0 Å². The zero-order valence-corrected chi connectivity index (χ0v) is 10.2. The summed E-state index contributed by atoms with van der Waals surface area (Å²) in [6.07, 6.45) is 3.36. The summed E-state index contributed by atoms with van der Waals surface area (Å²) in [5.41, 5.74) is 9.70. The molecule has 1 aliphatic rings. The average molecular weight is 240 g/mol. The van der Waals surface area contributed by atoms with Crippen LogP contribution in [0.4, 0.5) is 0 Å². The third-order valence-corrected chi connectivity index (χ3v) is 3.48. The third-order valence-electron chi connectivity index (χ3n) is 3.48. The molecule has 0 bridgehead atoms. The molecule has 4 heteroatoms. The molecule has 3 rings (SSSR count). The summed E-state index contributed by atoms with van der Waals surface area (Å²) in [7, 11) is 0. The largest absolute Gasteiger partial charge is 0.329 e. The van der Waals surface area contributed by atoms with Gasteiger partial charge in [0.15, 0.2) is 0 Å². The van der Waals surface area contributed by atoms with E-state index in [4.69, 9.17) is 5.73 Å². The SMILES string of the molecule is NCC(c1ccncn1)N1Cc2ccccc2C1. The number of fused-ring (bicyclic) bond motifs is 1. The van der Waals surface area contributed by atoms with Crippen LogP contribution in [0, 0.1) is 0 Å². The van der Waals surface area contributed by atoms with Crippen LogP contribution in [-0.2, 0) is 13.1 Å². The first-order valence-electron chi connectivity index (χ1n) is 6.15. The number of benzene rings is 1. The molecule has 1 atom stereocenters. The molecule has 0 aliphatic carbocycles. The second kappa shape index (κ2) is 4.84. The minimum Gasteiger partial charge on any atom is -0.329 e. The Labute approximate surface area is 106 Å². The summed E-state index contributed by atoms with van der Waals surface area (Å²) in [5, 5.41) is 0. The Hall–Kier alpha value is -1.78. The standard InChI is InChI=1S/C14H16N4/c15-7-14(13-5-6-16-10-17-13)18-8-11-3-1-2-4-12(11)9-18/h1-6,10,14H,7-9,15H2. The maximum absolute atomic E-state index is 5.92. The van der Waals surface area contributed by atoms with Crippen LogP contribution in [-0.4, -0.2) is 21.4 Å². The first kappa shape index (κ1) is 11.3. The van der Waals surface area contributed by atoms with Crippen LogP contribution < -0.4 is 5.73 Å². The first-order chi connectivity index (χ1) is 8.88. The highest BCUT2D eigenvalue weighted by Crippen LogP contribution is 2.29. The van der Waals surface area contributed by atoms with Gasteiger partial charge in [-0.15, -0.1) is 0 Å². The second-order valence-electron chi connectivity index (χ2n) is 4.56. The highest BCUT2D eigenvalue weighted by atomic mass is 15.2. The predicted molar refractivity (Wildman–Crippen MR) is 69.5 cm³/mol. The zero-order valence-electron chi connectivity index (χ0n) is 10.2. The van der Waals surface area contributed by atoms with E-state index in [1.54, 1.807) is 12.5 Å². The predicted octanol–water partition coefficient (Wildman–Crippen LogP) is 1.49. The molecule has 0 spiro atoms. The normalized spacial score (nSPS) is 16.5. The van der Waals surface area contributed by atoms with Crippen molar-refractivity contribution in [1.29, 1.82) is 0 Å². The average Bonchev–Trinajstić information content (AvgIpc) is 2.84. The van der Waals surface area contributed by atoms with E-state index in [0.717, 1.165) is 18.8 Å². The van der Waals surface area contributed by atoms with E-state index in [1.165, 1.54) is 11.1 Å². The summed E-state index contributed by atoms with van der Waals surface area (Å²) in [6, 6.07) is 10.7. The van der Waals surface area contributed by atoms with Crippen molar-refractivity contribution in [2.45, 2.75) is 19.1 Å². The van der Waals surface area contributed by atoms with Crippen LogP contribution in [0.15, 0.2) is 42.9 Å². The van der Waals surface area contributed by atoms with Crippen molar-refractivity contribution < 1.29 is 0 Å². The summed E-state index contributed by atoms with van der Waals surface area (Å²) in [4.78, 5) is 10.7. The van der Waals surface area contributed by atoms with Gasteiger partial charge in [0.25, 0.3) is 0 Å². The highest BCUT2D eigenvalue weighted by Gasteiger charge is 2.26. The molecule has 1 aromatic heterocycles. The summed E-state index contributed by atoms with van der Waals surface area (Å²) in [6.45, 7) is 2.47. The summed E-state index contributed by atoms with van der Waals surface area (Å²) >= 11 is 0. The Morgan fingerprint density at radius 2 is 1.89 bits per heavy atom. The first-order valence-corrected chi connectivity index (χ1v) is 6.15. The summed E-state index contributed by atoms with van der Waals surface area (Å²) < 4.78 is 0. The van der Waals surface area contributed by atoms with E-state index in [9.17, 15) is 0 Å². The van der Waals surface area contributed by atoms with Crippen LogP contribution in [0.2, 0.25) is 0 Å². The topological polar surface area (TPSA) is 55.0 Å². The molecular weight excluding hydrogens is 224 g/mol. The Kier molecular flexibility index (Phi) is 3.04. The number of aromatic nitrogens is 2. The lowest BCUT2D eigenvalue weighted by molar-refractivity contribution is 0.201. The molecule has 18 heavy (non-hydrogen) atoms. The minimum absolute atomic E-state index is 0.167. The van der Waals surface area contributed by atoms with Crippen LogP contribution in [0.3, 0.4) is 0 Å². The lowest BCUT2D eigenvalue weighted by Crippen LogP contribution is -2.30. The van der Waals surface area contributed by atoms with Gasteiger partial charge in [-0.05, 0) is 17.2 Å². The molecule has 0 saturated carbocycles. The van der Waals surface area contributed by atoms with Crippen LogP contribution in [0.1, 0.15) is 22.9 Å². The van der Waals surface area contributed by atoms with Gasteiger partial charge in [0.05, 0.1) is 11.7 Å². The van der Waals surface area contributed by atoms with Gasteiger partial charge in [-0.1, -0.05) is 24.3 Å². The monoisotopic (exact) mass is 240 g/mol. The van der Waals surface area contributed by atoms with Gasteiger partial charge in [-0.25, -0.2) is 9.97 Å². The van der Waals surface area contributed by atoms with E-state index in [0.29, 0.717) is 6.54 Å². The molecule has 1 aromatic carbocycles. The van der Waals surface area contributed by atoms with Crippen molar-refractivity contribution in [2.24, 2.45) is 5.73 Å². The molecule has 0 fully saturated rings. The molecule has 1 unspecified atom stereocenters. The van der Waals surface area contributed by atoms with Crippen molar-refractivity contribution >= 4 is 0 Å². The van der Waals surface area contributed by atoms with Crippen molar-refractivity contribution in [2.75, 3.05) is 6.54 Å². The van der Waals surface area contributed by atoms with E-state index < -0.39 is 0 Å². The smallest absolute Gasteiger partial charge is 0.115 e. The van der Waals surface area contributed by atoms with E-state index in [-0.39, 0.29) is 6.04 Å². The molecule has 92 valence electrons. The van der Waals surface area contributed by atoms with Gasteiger partial charge < -0.3 is 5.73 Å². The minimum atomic E-state index is 0.167. The second-order valence-corrected chi connectivity index (χ2v) is 4.56. The molecule has 4 nitrogen and oxygen atoms in total. The van der Waals surface area contributed by atoms with Gasteiger partial charge in [0, 0.05) is 25.8 Å². The van der Waals surface area contributed by atoms with Crippen molar-refractivity contribution in [3.63, 3.8) is 0 Å². The van der Waals surface area contributed by atoms with Crippen LogP contribution in [0.25, 0.3) is 0 Å². The van der Waals surface area contributed by atoms with E-state index in [1.807, 2.05) is 6.07 Å². The molecule has 2 N–H and O–H groups in total. The van der Waals surface area contributed by atoms with Crippen molar-refractivity contribution in [1.82, 2.24) is 14.9 Å². The number of hydrogen-bond donors (Lipinski definition) is 1. The Bertz CT molecular complexity index is 501. The summed E-state index contributed by atoms with van der Waals surface area (Å²) in [5.74, 6) is 0. The Morgan fingerprint density at radius 3 is 2.44 bits per heavy atom. The van der Waals surface area contributed by atoms with Gasteiger partial charge in [0.1, 0.15) is 6.33 Å². The maximum atomic E-state index is 5.92. The van der Waals surface area contributed by atoms with Crippen molar-refractivity contribution in [3.8, 4) is 0 Å². The molecule has 1 aliphatic heterocycles. The fourth-order valence-electron chi connectivity index (χ4n) is 2.53. The zero-order chi connectivity index (χ0) is 12.4. The van der Waals surface area contributed by atoms with E-state index in [2.05, 4.69) is 39.1 Å². The van der Waals surface area contributed by atoms with Crippen LogP contribution in [0.5, 0.6) is 0 Å². The Balaban J connectivity index is 1.84. The molecule has 2 heterocycles. The third kappa shape index (κ3) is 2.00. The van der Waals surface area contributed by atoms with Crippen molar-refractivity contribution in [3.05, 3.63) is 59.7 Å². The quantitative estimate of drug-likeness (QED) is 0.883. The molecule has 0 radical (unpaired) electrons. The lowest BCUT2D eigenvalue weighted by atomic mass is 10.1. The fourth-order valence-corrected chi connectivity index (χ4v) is 2.53. The number of hydrogen-bond acceptors (Lipinski definition) is 4. The van der Waals surface area contributed by atoms with Gasteiger partial charge in [-0.2, -0.15) is 0 Å². The maximum Gasteiger partial charge on any atom is 0.115 e. The van der Waals surface area contributed by atoms with Gasteiger partial charge >= 0.3 is 0 Å².